The quantitative estimate of drug-likeness (QED) is 0.646. The van der Waals surface area contributed by atoms with E-state index in [0.717, 1.165) is 22.3 Å². The number of carbonyl (C=O) groups excluding carboxylic acids is 1. The molecule has 0 unspecified atom stereocenters. The summed E-state index contributed by atoms with van der Waals surface area (Å²) in [5.74, 6) is 1.02. The van der Waals surface area contributed by atoms with Crippen molar-refractivity contribution in [3.05, 3.63) is 64.4 Å². The number of rotatable bonds is 3. The molecule has 0 N–H and O–H groups in total. The number of para-hydroxylation sites is 1. The van der Waals surface area contributed by atoms with Crippen LogP contribution in [-0.2, 0) is 16.6 Å². The summed E-state index contributed by atoms with van der Waals surface area (Å²) in [4.78, 5) is 17.1. The Morgan fingerprint density at radius 1 is 1.31 bits per heavy atom. The number of fused-ring (bicyclic) bond motifs is 2. The van der Waals surface area contributed by atoms with Gasteiger partial charge in [0, 0.05) is 17.6 Å². The number of esters is 1. The minimum absolute atomic E-state index is 0.195. The highest BCUT2D eigenvalue weighted by atomic mass is 35.5. The van der Waals surface area contributed by atoms with Crippen molar-refractivity contribution in [1.29, 1.82) is 0 Å². The van der Waals surface area contributed by atoms with Crippen molar-refractivity contribution >= 4 is 34.7 Å². The fourth-order valence-electron chi connectivity index (χ4n) is 3.08. The molecule has 26 heavy (non-hydrogen) atoms. The highest BCUT2D eigenvalue weighted by Crippen LogP contribution is 2.28. The Kier molecular flexibility index (Phi) is 4.17. The Morgan fingerprint density at radius 3 is 2.96 bits per heavy atom. The van der Waals surface area contributed by atoms with Crippen LogP contribution in [0.25, 0.3) is 17.1 Å². The highest BCUT2D eigenvalue weighted by molar-refractivity contribution is 6.31. The molecule has 5 nitrogen and oxygen atoms in total. The molecule has 0 bridgehead atoms. The molecule has 1 aromatic heterocycles. The van der Waals surface area contributed by atoms with E-state index in [-0.39, 0.29) is 6.61 Å². The third kappa shape index (κ3) is 2.95. The van der Waals surface area contributed by atoms with Gasteiger partial charge in [-0.25, -0.2) is 9.78 Å². The van der Waals surface area contributed by atoms with E-state index in [1.165, 1.54) is 0 Å². The second-order valence-electron chi connectivity index (χ2n) is 6.21. The second-order valence-corrected chi connectivity index (χ2v) is 6.64. The third-order valence-corrected chi connectivity index (χ3v) is 4.65. The van der Waals surface area contributed by atoms with Gasteiger partial charge in [-0.2, -0.15) is 0 Å². The van der Waals surface area contributed by atoms with Gasteiger partial charge in [0.2, 0.25) is 0 Å². The van der Waals surface area contributed by atoms with Crippen LogP contribution in [0.5, 0.6) is 5.75 Å². The predicted molar refractivity (Wildman–Crippen MR) is 100 cm³/mol. The van der Waals surface area contributed by atoms with Gasteiger partial charge in [-0.05, 0) is 37.3 Å². The van der Waals surface area contributed by atoms with Gasteiger partial charge in [-0.3, -0.25) is 0 Å². The summed E-state index contributed by atoms with van der Waals surface area (Å²) in [5.41, 5.74) is 3.06. The van der Waals surface area contributed by atoms with E-state index in [1.807, 2.05) is 54.1 Å². The van der Waals surface area contributed by atoms with E-state index in [4.69, 9.17) is 21.1 Å². The molecule has 0 aliphatic carbocycles. The smallest absolute Gasteiger partial charge is 0.338 e. The van der Waals surface area contributed by atoms with Crippen LogP contribution in [-0.4, -0.2) is 22.1 Å². The number of nitrogens with zero attached hydrogens (tertiary/aromatic N) is 2. The van der Waals surface area contributed by atoms with Crippen molar-refractivity contribution in [2.75, 3.05) is 6.61 Å². The normalized spacial score (nSPS) is 14.3. The number of aryl methyl sites for hydroxylation is 1. The van der Waals surface area contributed by atoms with Crippen molar-refractivity contribution in [3.8, 4) is 5.75 Å². The first-order valence-corrected chi connectivity index (χ1v) is 8.66. The van der Waals surface area contributed by atoms with Crippen LogP contribution < -0.4 is 4.74 Å². The van der Waals surface area contributed by atoms with Crippen LogP contribution in [0.1, 0.15) is 24.4 Å². The molecule has 6 heteroatoms. The topological polar surface area (TPSA) is 53.4 Å². The Balaban J connectivity index is 1.57. The van der Waals surface area contributed by atoms with Crippen molar-refractivity contribution in [1.82, 2.24) is 9.55 Å². The molecule has 0 spiro atoms. The maximum absolute atomic E-state index is 12.5. The lowest BCUT2D eigenvalue weighted by Crippen LogP contribution is -2.19. The molecule has 4 rings (SSSR count). The highest BCUT2D eigenvalue weighted by Gasteiger charge is 2.23. The second kappa shape index (κ2) is 6.50. The van der Waals surface area contributed by atoms with Crippen LogP contribution in [0.15, 0.2) is 48.0 Å². The zero-order valence-corrected chi connectivity index (χ0v) is 15.2. The summed E-state index contributed by atoms with van der Waals surface area (Å²) in [7, 11) is 1.89. The average molecular weight is 369 g/mol. The molecule has 1 aliphatic rings. The van der Waals surface area contributed by atoms with E-state index in [1.54, 1.807) is 13.0 Å². The van der Waals surface area contributed by atoms with Gasteiger partial charge in [0.15, 0.2) is 11.9 Å². The van der Waals surface area contributed by atoms with Crippen LogP contribution in [0.3, 0.4) is 0 Å². The summed E-state index contributed by atoms with van der Waals surface area (Å²) >= 11 is 6.03. The summed E-state index contributed by atoms with van der Waals surface area (Å²) in [6.45, 7) is 2.00. The number of imidazole rings is 1. The monoisotopic (exact) mass is 368 g/mol. The van der Waals surface area contributed by atoms with Gasteiger partial charge in [-0.1, -0.05) is 29.8 Å². The van der Waals surface area contributed by atoms with E-state index < -0.39 is 12.1 Å². The van der Waals surface area contributed by atoms with E-state index in [0.29, 0.717) is 16.4 Å². The van der Waals surface area contributed by atoms with Crippen LogP contribution in [0.2, 0.25) is 5.02 Å². The molecular formula is C20H17ClN2O3. The third-order valence-electron chi connectivity index (χ3n) is 4.42. The number of halogens is 1. The molecular weight excluding hydrogens is 352 g/mol. The number of aromatic nitrogens is 2. The van der Waals surface area contributed by atoms with Crippen LogP contribution in [0, 0.1) is 0 Å². The largest absolute Gasteiger partial charge is 0.488 e. The SMILES string of the molecule is C[C@H](OC(=O)C1=Cc2ccccc2OC1)c1nc2cc(Cl)ccc2n1C. The Morgan fingerprint density at radius 2 is 2.12 bits per heavy atom. The number of hydrogen-bond donors (Lipinski definition) is 0. The molecule has 2 aromatic carbocycles. The Bertz CT molecular complexity index is 1040. The van der Waals surface area contributed by atoms with Crippen molar-refractivity contribution in [2.24, 2.45) is 7.05 Å². The average Bonchev–Trinajstić information content (AvgIpc) is 2.97. The van der Waals surface area contributed by atoms with E-state index >= 15 is 0 Å². The van der Waals surface area contributed by atoms with Gasteiger partial charge in [-0.15, -0.1) is 0 Å². The lowest BCUT2D eigenvalue weighted by atomic mass is 10.1. The molecule has 1 atom stereocenters. The lowest BCUT2D eigenvalue weighted by molar-refractivity contribution is -0.144. The number of ether oxygens (including phenoxy) is 2. The Hall–Kier alpha value is -2.79. The lowest BCUT2D eigenvalue weighted by Gasteiger charge is -2.19. The molecule has 3 aromatic rings. The summed E-state index contributed by atoms with van der Waals surface area (Å²) in [5, 5.41) is 0.620. The van der Waals surface area contributed by atoms with Gasteiger partial charge in [0.05, 0.1) is 16.6 Å². The summed E-state index contributed by atoms with van der Waals surface area (Å²) in [6, 6.07) is 13.1. The number of carbonyl (C=O) groups is 1. The first-order valence-electron chi connectivity index (χ1n) is 8.28. The first kappa shape index (κ1) is 16.7. The zero-order chi connectivity index (χ0) is 18.3. The number of hydrogen-bond acceptors (Lipinski definition) is 4. The van der Waals surface area contributed by atoms with Crippen molar-refractivity contribution in [3.63, 3.8) is 0 Å². The van der Waals surface area contributed by atoms with Gasteiger partial charge in [0.25, 0.3) is 0 Å². The van der Waals surface area contributed by atoms with E-state index in [2.05, 4.69) is 4.98 Å². The first-order chi connectivity index (χ1) is 12.5. The van der Waals surface area contributed by atoms with Crippen molar-refractivity contribution < 1.29 is 14.3 Å². The fraction of sp³-hybridized carbons (Fsp3) is 0.200. The maximum atomic E-state index is 12.5. The zero-order valence-electron chi connectivity index (χ0n) is 14.4. The molecule has 2 heterocycles. The van der Waals surface area contributed by atoms with Crippen LogP contribution >= 0.6 is 11.6 Å². The maximum Gasteiger partial charge on any atom is 0.338 e. The minimum atomic E-state index is -0.503. The molecule has 0 radical (unpaired) electrons. The molecule has 1 aliphatic heterocycles. The molecule has 0 saturated heterocycles. The number of benzene rings is 2. The molecule has 132 valence electrons. The van der Waals surface area contributed by atoms with Gasteiger partial charge in [0.1, 0.15) is 12.4 Å². The van der Waals surface area contributed by atoms with E-state index in [9.17, 15) is 4.79 Å². The van der Waals surface area contributed by atoms with Gasteiger partial charge >= 0.3 is 5.97 Å². The van der Waals surface area contributed by atoms with Gasteiger partial charge < -0.3 is 14.0 Å². The van der Waals surface area contributed by atoms with Crippen LogP contribution in [0.4, 0.5) is 0 Å². The predicted octanol–water partition coefficient (Wildman–Crippen LogP) is 4.31. The summed E-state index contributed by atoms with van der Waals surface area (Å²) < 4.78 is 13.2. The Labute approximate surface area is 155 Å². The summed E-state index contributed by atoms with van der Waals surface area (Å²) in [6.07, 6.45) is 1.31. The van der Waals surface area contributed by atoms with Crippen molar-refractivity contribution in [2.45, 2.75) is 13.0 Å². The fourth-order valence-corrected chi connectivity index (χ4v) is 3.24. The minimum Gasteiger partial charge on any atom is -0.488 e. The molecule has 0 saturated carbocycles. The standard InChI is InChI=1S/C20H17ClN2O3/c1-12(19-22-16-10-15(21)7-8-17(16)23(19)2)26-20(24)14-9-13-5-3-4-6-18(13)25-11-14/h3-10,12H,11H2,1-2H3/t12-/m0/s1. The molecule has 0 fully saturated rings. The molecule has 0 amide bonds.